The molecule has 4 N–H and O–H groups in total. The average molecular weight is 284 g/mol. The number of carboxylic acids is 1. The highest BCUT2D eigenvalue weighted by Crippen LogP contribution is 1.98. The largest absolute Gasteiger partial charge is 0.480 e. The lowest BCUT2D eigenvalue weighted by atomic mass is 10.2. The minimum atomic E-state index is -1.09. The Kier molecular flexibility index (Phi) is 7.12. The van der Waals surface area contributed by atoms with Gasteiger partial charge < -0.3 is 25.5 Å². The van der Waals surface area contributed by atoms with Crippen LogP contribution in [-0.2, 0) is 16.0 Å². The summed E-state index contributed by atoms with van der Waals surface area (Å²) in [5, 5.41) is 14.1. The molecule has 20 heavy (non-hydrogen) atoms. The quantitative estimate of drug-likeness (QED) is 0.481. The highest BCUT2D eigenvalue weighted by atomic mass is 16.5. The van der Waals surface area contributed by atoms with Gasteiger partial charge in [-0.1, -0.05) is 0 Å². The van der Waals surface area contributed by atoms with Crippen LogP contribution in [0.15, 0.2) is 12.5 Å². The fourth-order valence-electron chi connectivity index (χ4n) is 1.55. The van der Waals surface area contributed by atoms with Crippen molar-refractivity contribution in [2.24, 2.45) is 0 Å². The standard InChI is InChI=1S/C12H20N4O4/c1-2-20-5-3-4-14-12(19)16-10(11(17)18)6-9-7-13-8-15-9/h7-8,10H,2-6H2,1H3,(H,13,15)(H,17,18)(H2,14,16,19)/t10-/m1/s1. The molecule has 1 aromatic heterocycles. The van der Waals surface area contributed by atoms with Gasteiger partial charge >= 0.3 is 12.0 Å². The van der Waals surface area contributed by atoms with Crippen LogP contribution in [0, 0.1) is 0 Å². The number of aliphatic carboxylic acids is 1. The minimum absolute atomic E-state index is 0.154. The van der Waals surface area contributed by atoms with E-state index in [1.165, 1.54) is 12.5 Å². The van der Waals surface area contributed by atoms with Crippen molar-refractivity contribution >= 4 is 12.0 Å². The number of nitrogens with zero attached hydrogens (tertiary/aromatic N) is 1. The summed E-state index contributed by atoms with van der Waals surface area (Å²) in [6.45, 7) is 3.53. The Hall–Kier alpha value is -2.09. The Morgan fingerprint density at radius 2 is 2.35 bits per heavy atom. The molecule has 8 nitrogen and oxygen atoms in total. The molecule has 8 heteroatoms. The molecule has 0 aliphatic heterocycles. The molecule has 1 rings (SSSR count). The summed E-state index contributed by atoms with van der Waals surface area (Å²) in [4.78, 5) is 29.2. The van der Waals surface area contributed by atoms with Gasteiger partial charge in [0.15, 0.2) is 0 Å². The molecular formula is C12H20N4O4. The van der Waals surface area contributed by atoms with E-state index in [2.05, 4.69) is 20.6 Å². The van der Waals surface area contributed by atoms with Gasteiger partial charge in [0.1, 0.15) is 6.04 Å². The Balaban J connectivity index is 2.30. The van der Waals surface area contributed by atoms with Gasteiger partial charge in [0.25, 0.3) is 0 Å². The third kappa shape index (κ3) is 6.19. The van der Waals surface area contributed by atoms with E-state index in [1.807, 2.05) is 6.92 Å². The first-order valence-electron chi connectivity index (χ1n) is 6.45. The predicted molar refractivity (Wildman–Crippen MR) is 71.4 cm³/mol. The van der Waals surface area contributed by atoms with Crippen LogP contribution >= 0.6 is 0 Å². The van der Waals surface area contributed by atoms with Crippen molar-refractivity contribution < 1.29 is 19.4 Å². The van der Waals surface area contributed by atoms with Crippen LogP contribution in [0.4, 0.5) is 4.79 Å². The summed E-state index contributed by atoms with van der Waals surface area (Å²) in [6.07, 6.45) is 3.82. The Morgan fingerprint density at radius 3 is 2.95 bits per heavy atom. The number of urea groups is 1. The zero-order valence-electron chi connectivity index (χ0n) is 11.4. The first-order chi connectivity index (χ1) is 9.63. The van der Waals surface area contributed by atoms with E-state index in [0.29, 0.717) is 31.9 Å². The minimum Gasteiger partial charge on any atom is -0.480 e. The molecule has 2 amide bonds. The predicted octanol–water partition coefficient (Wildman–Crippen LogP) is 0.131. The number of hydrogen-bond acceptors (Lipinski definition) is 4. The summed E-state index contributed by atoms with van der Waals surface area (Å²) in [7, 11) is 0. The number of aromatic amines is 1. The van der Waals surface area contributed by atoms with Gasteiger partial charge in [0, 0.05) is 38.1 Å². The Morgan fingerprint density at radius 1 is 1.55 bits per heavy atom. The van der Waals surface area contributed by atoms with Crippen molar-refractivity contribution in [2.45, 2.75) is 25.8 Å². The fourth-order valence-corrected chi connectivity index (χ4v) is 1.55. The number of aromatic nitrogens is 2. The summed E-state index contributed by atoms with van der Waals surface area (Å²) < 4.78 is 5.13. The van der Waals surface area contributed by atoms with E-state index < -0.39 is 18.0 Å². The van der Waals surface area contributed by atoms with Crippen LogP contribution in [0.2, 0.25) is 0 Å². The number of carbonyl (C=O) groups is 2. The summed E-state index contributed by atoms with van der Waals surface area (Å²) in [5.74, 6) is -1.09. The van der Waals surface area contributed by atoms with Crippen LogP contribution in [0.1, 0.15) is 19.0 Å². The van der Waals surface area contributed by atoms with Crippen LogP contribution < -0.4 is 10.6 Å². The van der Waals surface area contributed by atoms with Crippen LogP contribution in [0.3, 0.4) is 0 Å². The van der Waals surface area contributed by atoms with E-state index >= 15 is 0 Å². The maximum absolute atomic E-state index is 11.6. The Labute approximate surface area is 116 Å². The van der Waals surface area contributed by atoms with Crippen molar-refractivity contribution in [3.8, 4) is 0 Å². The molecule has 0 aliphatic carbocycles. The molecule has 0 aliphatic rings. The number of nitrogens with one attached hydrogen (secondary N) is 3. The lowest BCUT2D eigenvalue weighted by molar-refractivity contribution is -0.139. The van der Waals surface area contributed by atoms with E-state index in [4.69, 9.17) is 9.84 Å². The molecule has 0 saturated heterocycles. The van der Waals surface area contributed by atoms with Gasteiger partial charge in [0.2, 0.25) is 0 Å². The van der Waals surface area contributed by atoms with Gasteiger partial charge in [-0.2, -0.15) is 0 Å². The molecule has 0 bridgehead atoms. The number of carboxylic acid groups (broad SMARTS) is 1. The second-order valence-electron chi connectivity index (χ2n) is 4.12. The van der Waals surface area contributed by atoms with Crippen molar-refractivity contribution in [3.63, 3.8) is 0 Å². The van der Waals surface area contributed by atoms with Crippen LogP contribution in [-0.4, -0.2) is 52.9 Å². The molecule has 1 atom stereocenters. The zero-order chi connectivity index (χ0) is 14.8. The van der Waals surface area contributed by atoms with Gasteiger partial charge in [-0.15, -0.1) is 0 Å². The number of imidazole rings is 1. The van der Waals surface area contributed by atoms with Crippen molar-refractivity contribution in [1.29, 1.82) is 0 Å². The van der Waals surface area contributed by atoms with Crippen molar-refractivity contribution in [1.82, 2.24) is 20.6 Å². The normalized spacial score (nSPS) is 11.8. The number of amides is 2. The van der Waals surface area contributed by atoms with Crippen LogP contribution in [0.5, 0.6) is 0 Å². The molecule has 0 unspecified atom stereocenters. The highest BCUT2D eigenvalue weighted by molar-refractivity contribution is 5.82. The number of ether oxygens (including phenoxy) is 1. The molecule has 0 spiro atoms. The number of carbonyl (C=O) groups excluding carboxylic acids is 1. The fraction of sp³-hybridized carbons (Fsp3) is 0.583. The SMILES string of the molecule is CCOCCCNC(=O)N[C@H](Cc1cnc[nH]1)C(=O)O. The molecule has 112 valence electrons. The number of rotatable bonds is 9. The molecule has 0 fully saturated rings. The van der Waals surface area contributed by atoms with E-state index in [-0.39, 0.29) is 6.42 Å². The smallest absolute Gasteiger partial charge is 0.326 e. The molecule has 0 saturated carbocycles. The first kappa shape index (κ1) is 16.0. The first-order valence-corrected chi connectivity index (χ1v) is 6.45. The zero-order valence-corrected chi connectivity index (χ0v) is 11.4. The molecule has 0 aromatic carbocycles. The van der Waals surface area contributed by atoms with E-state index in [9.17, 15) is 9.59 Å². The lowest BCUT2D eigenvalue weighted by Crippen LogP contribution is -2.47. The second kappa shape index (κ2) is 8.92. The van der Waals surface area contributed by atoms with Gasteiger partial charge in [-0.25, -0.2) is 14.6 Å². The summed E-state index contributed by atoms with van der Waals surface area (Å²) in [5.41, 5.74) is 0.647. The lowest BCUT2D eigenvalue weighted by Gasteiger charge is -2.14. The molecule has 0 radical (unpaired) electrons. The van der Waals surface area contributed by atoms with Gasteiger partial charge in [-0.05, 0) is 13.3 Å². The number of hydrogen-bond donors (Lipinski definition) is 4. The number of H-pyrrole nitrogens is 1. The monoisotopic (exact) mass is 284 g/mol. The maximum Gasteiger partial charge on any atom is 0.326 e. The average Bonchev–Trinajstić information content (AvgIpc) is 2.90. The third-order valence-corrected chi connectivity index (χ3v) is 2.54. The Bertz CT molecular complexity index is 408. The van der Waals surface area contributed by atoms with Gasteiger partial charge in [0.05, 0.1) is 6.33 Å². The summed E-state index contributed by atoms with van der Waals surface area (Å²) >= 11 is 0. The maximum atomic E-state index is 11.6. The topological polar surface area (TPSA) is 116 Å². The molecule has 1 heterocycles. The van der Waals surface area contributed by atoms with Crippen molar-refractivity contribution in [2.75, 3.05) is 19.8 Å². The van der Waals surface area contributed by atoms with E-state index in [0.717, 1.165) is 0 Å². The molecule has 1 aromatic rings. The summed E-state index contributed by atoms with van der Waals surface area (Å²) in [6, 6.07) is -1.50. The second-order valence-corrected chi connectivity index (χ2v) is 4.12. The highest BCUT2D eigenvalue weighted by Gasteiger charge is 2.20. The van der Waals surface area contributed by atoms with E-state index in [1.54, 1.807) is 0 Å². The molecular weight excluding hydrogens is 264 g/mol. The van der Waals surface area contributed by atoms with Crippen molar-refractivity contribution in [3.05, 3.63) is 18.2 Å². The van der Waals surface area contributed by atoms with Gasteiger partial charge in [-0.3, -0.25) is 0 Å². The van der Waals surface area contributed by atoms with Crippen LogP contribution in [0.25, 0.3) is 0 Å². The third-order valence-electron chi connectivity index (χ3n) is 2.54.